The van der Waals surface area contributed by atoms with Gasteiger partial charge in [0.1, 0.15) is 5.76 Å². The molecule has 1 amide bonds. The maximum absolute atomic E-state index is 11.3. The van der Waals surface area contributed by atoms with Crippen LogP contribution in [0.3, 0.4) is 0 Å². The standard InChI is InChI=1S/C14H16N2O3/c1-9-12-5-4-11(18)8-13(12)19-14(15-9)6-7-16(3)10(2)17/h4-5,8H,6-7H2,1-3H3. The molecular formula is C14H16N2O3. The minimum atomic E-state index is -0.0892. The van der Waals surface area contributed by atoms with E-state index in [2.05, 4.69) is 4.98 Å². The molecular weight excluding hydrogens is 244 g/mol. The van der Waals surface area contributed by atoms with Gasteiger partial charge in [0.15, 0.2) is 11.3 Å². The van der Waals surface area contributed by atoms with E-state index in [-0.39, 0.29) is 11.3 Å². The average molecular weight is 260 g/mol. The van der Waals surface area contributed by atoms with E-state index in [0.717, 1.165) is 11.3 Å². The molecule has 5 heteroatoms. The summed E-state index contributed by atoms with van der Waals surface area (Å²) in [4.78, 5) is 28.4. The van der Waals surface area contributed by atoms with Crippen molar-refractivity contribution >= 4 is 5.91 Å². The predicted octanol–water partition coefficient (Wildman–Crippen LogP) is 1.47. The fourth-order valence-corrected chi connectivity index (χ4v) is 1.81. The van der Waals surface area contributed by atoms with Crippen LogP contribution < -0.4 is 5.43 Å². The molecule has 1 aliphatic carbocycles. The highest BCUT2D eigenvalue weighted by molar-refractivity contribution is 5.72. The van der Waals surface area contributed by atoms with Gasteiger partial charge in [0.05, 0.1) is 5.69 Å². The number of likely N-dealkylation sites (N-methyl/N-ethyl adjacent to an activating group) is 1. The molecule has 1 heterocycles. The fraction of sp³-hybridized carbons (Fsp3) is 0.357. The summed E-state index contributed by atoms with van der Waals surface area (Å²) in [7, 11) is 1.73. The first kappa shape index (κ1) is 13.3. The molecule has 0 unspecified atom stereocenters. The Morgan fingerprint density at radius 3 is 2.84 bits per heavy atom. The Bertz CT molecular complexity index is 633. The topological polar surface area (TPSA) is 63.4 Å². The first-order valence-electron chi connectivity index (χ1n) is 6.09. The van der Waals surface area contributed by atoms with Crippen LogP contribution in [0.4, 0.5) is 0 Å². The Labute approximate surface area is 111 Å². The van der Waals surface area contributed by atoms with E-state index in [9.17, 15) is 9.59 Å². The van der Waals surface area contributed by atoms with Crippen molar-refractivity contribution in [2.24, 2.45) is 0 Å². The molecule has 0 saturated heterocycles. The highest BCUT2D eigenvalue weighted by atomic mass is 16.3. The normalized spacial score (nSPS) is 10.7. The number of fused-ring (bicyclic) bond motifs is 1. The van der Waals surface area contributed by atoms with Crippen LogP contribution in [0.1, 0.15) is 18.5 Å². The number of amides is 1. The third-order valence-electron chi connectivity index (χ3n) is 3.06. The Morgan fingerprint density at radius 2 is 2.16 bits per heavy atom. The molecule has 0 spiro atoms. The quantitative estimate of drug-likeness (QED) is 0.838. The lowest BCUT2D eigenvalue weighted by Gasteiger charge is -2.15. The molecule has 0 aromatic heterocycles. The first-order valence-corrected chi connectivity index (χ1v) is 6.09. The van der Waals surface area contributed by atoms with Gasteiger partial charge in [-0.25, -0.2) is 4.98 Å². The molecule has 19 heavy (non-hydrogen) atoms. The highest BCUT2D eigenvalue weighted by Crippen LogP contribution is 2.23. The summed E-state index contributed by atoms with van der Waals surface area (Å²) in [6.07, 6.45) is 0.524. The van der Waals surface area contributed by atoms with Gasteiger partial charge in [-0.15, -0.1) is 0 Å². The molecule has 0 fully saturated rings. The van der Waals surface area contributed by atoms with Gasteiger partial charge in [-0.1, -0.05) is 0 Å². The summed E-state index contributed by atoms with van der Waals surface area (Å²) in [6.45, 7) is 3.92. The van der Waals surface area contributed by atoms with Gasteiger partial charge < -0.3 is 9.32 Å². The molecule has 0 bridgehead atoms. The van der Waals surface area contributed by atoms with E-state index in [1.54, 1.807) is 18.0 Å². The number of carbonyl (C=O) groups is 1. The van der Waals surface area contributed by atoms with E-state index < -0.39 is 0 Å². The Hall–Kier alpha value is -2.17. The molecule has 0 aromatic rings. The maximum atomic E-state index is 11.3. The van der Waals surface area contributed by atoms with Crippen LogP contribution in [-0.4, -0.2) is 29.4 Å². The van der Waals surface area contributed by atoms with Crippen molar-refractivity contribution < 1.29 is 9.21 Å². The molecule has 2 rings (SSSR count). The molecule has 1 aliphatic heterocycles. The molecule has 5 nitrogen and oxygen atoms in total. The van der Waals surface area contributed by atoms with E-state index in [1.807, 2.05) is 6.92 Å². The molecule has 100 valence electrons. The minimum absolute atomic E-state index is 0.000597. The number of aromatic nitrogens is 1. The van der Waals surface area contributed by atoms with Crippen LogP contribution in [0.5, 0.6) is 0 Å². The van der Waals surface area contributed by atoms with Crippen molar-refractivity contribution in [2.75, 3.05) is 13.6 Å². The van der Waals surface area contributed by atoms with Crippen molar-refractivity contribution in [2.45, 2.75) is 20.3 Å². The first-order chi connectivity index (χ1) is 8.97. The summed E-state index contributed by atoms with van der Waals surface area (Å²) in [5.41, 5.74) is 1.57. The van der Waals surface area contributed by atoms with E-state index in [4.69, 9.17) is 4.42 Å². The van der Waals surface area contributed by atoms with Gasteiger partial charge >= 0.3 is 0 Å². The molecule has 0 saturated carbocycles. The lowest BCUT2D eigenvalue weighted by atomic mass is 10.1. The van der Waals surface area contributed by atoms with Crippen LogP contribution >= 0.6 is 0 Å². The number of hydrogen-bond donors (Lipinski definition) is 0. The third kappa shape index (κ3) is 2.99. The van der Waals surface area contributed by atoms with E-state index in [0.29, 0.717) is 24.6 Å². The van der Waals surface area contributed by atoms with Gasteiger partial charge in [-0.2, -0.15) is 0 Å². The van der Waals surface area contributed by atoms with Crippen LogP contribution in [0.25, 0.3) is 11.3 Å². The summed E-state index contributed by atoms with van der Waals surface area (Å²) in [5, 5.41) is 0. The Balaban J connectivity index is 2.28. The van der Waals surface area contributed by atoms with Gasteiger partial charge in [0.25, 0.3) is 0 Å². The van der Waals surface area contributed by atoms with Gasteiger partial charge in [0.2, 0.25) is 5.91 Å². The molecule has 2 aliphatic rings. The van der Waals surface area contributed by atoms with E-state index in [1.165, 1.54) is 19.1 Å². The smallest absolute Gasteiger partial charge is 0.219 e. The largest absolute Gasteiger partial charge is 0.442 e. The zero-order valence-corrected chi connectivity index (χ0v) is 11.3. The zero-order chi connectivity index (χ0) is 14.0. The lowest BCUT2D eigenvalue weighted by Crippen LogP contribution is -2.26. The predicted molar refractivity (Wildman–Crippen MR) is 71.1 cm³/mol. The van der Waals surface area contributed by atoms with Crippen molar-refractivity contribution in [1.82, 2.24) is 9.88 Å². The third-order valence-corrected chi connectivity index (χ3v) is 3.06. The zero-order valence-electron chi connectivity index (χ0n) is 11.3. The number of aryl methyl sites for hydroxylation is 1. The molecule has 0 radical (unpaired) electrons. The van der Waals surface area contributed by atoms with Gasteiger partial charge in [-0.3, -0.25) is 9.59 Å². The molecule has 0 N–H and O–H groups in total. The second-order valence-corrected chi connectivity index (χ2v) is 4.54. The number of carbonyl (C=O) groups excluding carboxylic acids is 1. The summed E-state index contributed by atoms with van der Waals surface area (Å²) in [6, 6.07) is 4.67. The summed E-state index contributed by atoms with van der Waals surface area (Å²) < 4.78 is 5.60. The summed E-state index contributed by atoms with van der Waals surface area (Å²) >= 11 is 0. The van der Waals surface area contributed by atoms with Gasteiger partial charge in [0, 0.05) is 38.6 Å². The van der Waals surface area contributed by atoms with Gasteiger partial charge in [-0.05, 0) is 19.1 Å². The van der Waals surface area contributed by atoms with Crippen molar-refractivity contribution in [3.8, 4) is 11.3 Å². The minimum Gasteiger partial charge on any atom is -0.442 e. The van der Waals surface area contributed by atoms with Crippen LogP contribution in [-0.2, 0) is 11.2 Å². The lowest BCUT2D eigenvalue weighted by molar-refractivity contribution is -0.127. The second kappa shape index (κ2) is 5.22. The van der Waals surface area contributed by atoms with Crippen molar-refractivity contribution in [1.29, 1.82) is 0 Å². The Kier molecular flexibility index (Phi) is 3.64. The summed E-state index contributed by atoms with van der Waals surface area (Å²) in [5.74, 6) is 1.07. The van der Waals surface area contributed by atoms with E-state index >= 15 is 0 Å². The van der Waals surface area contributed by atoms with Crippen molar-refractivity contribution in [3.05, 3.63) is 40.0 Å². The maximum Gasteiger partial charge on any atom is 0.219 e. The molecule has 0 aromatic carbocycles. The highest BCUT2D eigenvalue weighted by Gasteiger charge is 2.12. The van der Waals surface area contributed by atoms with Crippen LogP contribution in [0.2, 0.25) is 0 Å². The molecule has 0 atom stereocenters. The number of nitrogens with zero attached hydrogens (tertiary/aromatic N) is 2. The number of benzene rings is 1. The number of hydrogen-bond acceptors (Lipinski definition) is 4. The van der Waals surface area contributed by atoms with Crippen LogP contribution in [0, 0.1) is 6.92 Å². The SMILES string of the molecule is CC(=O)N(C)CCc1nc(C)c2ccc(=O)cc-2o1. The van der Waals surface area contributed by atoms with Crippen molar-refractivity contribution in [3.63, 3.8) is 0 Å². The van der Waals surface area contributed by atoms with Crippen LogP contribution in [0.15, 0.2) is 27.4 Å². The Morgan fingerprint density at radius 1 is 1.42 bits per heavy atom. The fourth-order valence-electron chi connectivity index (χ4n) is 1.81. The number of rotatable bonds is 3. The monoisotopic (exact) mass is 260 g/mol. The second-order valence-electron chi connectivity index (χ2n) is 4.54. The average Bonchev–Trinajstić information content (AvgIpc) is 2.35.